The van der Waals surface area contributed by atoms with Crippen LogP contribution in [0.15, 0.2) is 59.5 Å². The first kappa shape index (κ1) is 31.1. The zero-order valence-corrected chi connectivity index (χ0v) is 25.1. The van der Waals surface area contributed by atoms with Crippen molar-refractivity contribution >= 4 is 32.7 Å². The zero-order chi connectivity index (χ0) is 31.1. The Hall–Kier alpha value is -3.38. The second kappa shape index (κ2) is 12.0. The van der Waals surface area contributed by atoms with Gasteiger partial charge in [0.2, 0.25) is 0 Å². The molecule has 3 atom stereocenters. The van der Waals surface area contributed by atoms with Gasteiger partial charge in [-0.25, -0.2) is 13.4 Å². The minimum atomic E-state index is -4.19. The van der Waals surface area contributed by atoms with Crippen LogP contribution in [0.3, 0.4) is 0 Å². The minimum Gasteiger partial charge on any atom is -0.481 e. The minimum absolute atomic E-state index is 0.0214. The second-order valence-electron chi connectivity index (χ2n) is 11.6. The van der Waals surface area contributed by atoms with E-state index in [4.69, 9.17) is 4.74 Å². The van der Waals surface area contributed by atoms with Crippen molar-refractivity contribution in [1.82, 2.24) is 9.55 Å². The highest BCUT2D eigenvalue weighted by molar-refractivity contribution is 7.92. The van der Waals surface area contributed by atoms with Crippen molar-refractivity contribution in [3.8, 4) is 0 Å². The molecule has 1 fully saturated rings. The van der Waals surface area contributed by atoms with Gasteiger partial charge in [-0.05, 0) is 74.9 Å². The summed E-state index contributed by atoms with van der Waals surface area (Å²) in [4.78, 5) is 17.0. The molecular weight excluding hydrogens is 583 g/mol. The number of sulfonamides is 1. The number of imidazole rings is 1. The quantitative estimate of drug-likeness (QED) is 0.301. The average molecular weight is 620 g/mol. The summed E-state index contributed by atoms with van der Waals surface area (Å²) in [6, 6.07) is 11.7. The van der Waals surface area contributed by atoms with Crippen LogP contribution in [0.4, 0.5) is 18.9 Å². The molecule has 5 rings (SSSR count). The number of carboxylic acid groups (broad SMARTS) is 1. The Morgan fingerprint density at radius 2 is 1.79 bits per heavy atom. The molecule has 0 bridgehead atoms. The summed E-state index contributed by atoms with van der Waals surface area (Å²) < 4.78 is 74.9. The van der Waals surface area contributed by atoms with Gasteiger partial charge in [0.25, 0.3) is 10.0 Å². The zero-order valence-electron chi connectivity index (χ0n) is 24.3. The van der Waals surface area contributed by atoms with Gasteiger partial charge in [-0.1, -0.05) is 24.3 Å². The van der Waals surface area contributed by atoms with E-state index in [2.05, 4.69) is 4.98 Å². The lowest BCUT2D eigenvalue weighted by Gasteiger charge is -2.35. The van der Waals surface area contributed by atoms with E-state index in [1.54, 1.807) is 42.5 Å². The number of carboxylic acids is 1. The smallest absolute Gasteiger partial charge is 0.391 e. The van der Waals surface area contributed by atoms with Crippen molar-refractivity contribution in [1.29, 1.82) is 0 Å². The van der Waals surface area contributed by atoms with Gasteiger partial charge in [-0.2, -0.15) is 13.2 Å². The van der Waals surface area contributed by atoms with Gasteiger partial charge in [0.1, 0.15) is 5.82 Å². The van der Waals surface area contributed by atoms with E-state index in [9.17, 15) is 31.5 Å². The molecule has 2 aliphatic rings. The molecule has 1 unspecified atom stereocenters. The lowest BCUT2D eigenvalue weighted by molar-refractivity contribution is -0.188. The number of hydrogen-bond acceptors (Lipinski definition) is 5. The molecule has 0 saturated heterocycles. The highest BCUT2D eigenvalue weighted by Crippen LogP contribution is 2.41. The van der Waals surface area contributed by atoms with Crippen LogP contribution in [0.5, 0.6) is 0 Å². The lowest BCUT2D eigenvalue weighted by Crippen LogP contribution is -2.36. The number of carbonyl (C=O) groups is 1. The van der Waals surface area contributed by atoms with Gasteiger partial charge in [-0.3, -0.25) is 9.10 Å². The Labute approximate surface area is 249 Å². The fourth-order valence-corrected chi connectivity index (χ4v) is 7.53. The highest BCUT2D eigenvalue weighted by Gasteiger charge is 2.42. The number of aliphatic carboxylic acids is 1. The predicted molar refractivity (Wildman–Crippen MR) is 156 cm³/mol. The topological polar surface area (TPSA) is 102 Å². The van der Waals surface area contributed by atoms with Crippen LogP contribution in [0.25, 0.3) is 11.0 Å². The summed E-state index contributed by atoms with van der Waals surface area (Å²) in [5.41, 5.74) is 2.60. The van der Waals surface area contributed by atoms with E-state index >= 15 is 0 Å². The van der Waals surface area contributed by atoms with Crippen molar-refractivity contribution in [3.63, 3.8) is 0 Å². The summed E-state index contributed by atoms with van der Waals surface area (Å²) >= 11 is 0. The van der Waals surface area contributed by atoms with Crippen molar-refractivity contribution in [3.05, 3.63) is 66.0 Å². The number of ether oxygens (including phenoxy) is 1. The van der Waals surface area contributed by atoms with Crippen molar-refractivity contribution in [2.75, 3.05) is 18.0 Å². The molecule has 0 amide bonds. The number of alkyl halides is 3. The SMILES string of the molecule is Cc1nc2cc(S(=O)(=O)N(C)c3ccc([C@H]4CC=CC(COC5CCC(C(F)(F)F)CC5)[C@@H]4C(=O)O)cc3)ccc2n1C. The number of aryl methyl sites for hydroxylation is 2. The third-order valence-electron chi connectivity index (χ3n) is 9.03. The van der Waals surface area contributed by atoms with Gasteiger partial charge in [0.05, 0.1) is 46.2 Å². The fraction of sp³-hybridized carbons (Fsp3) is 0.484. The molecule has 0 radical (unpaired) electrons. The fourth-order valence-electron chi connectivity index (χ4n) is 6.32. The van der Waals surface area contributed by atoms with E-state index < -0.39 is 39.9 Å². The number of fused-ring (bicyclic) bond motifs is 1. The monoisotopic (exact) mass is 619 g/mol. The Bertz CT molecular complexity index is 1610. The van der Waals surface area contributed by atoms with E-state index in [0.717, 1.165) is 16.9 Å². The number of nitrogens with zero attached hydrogens (tertiary/aromatic N) is 3. The Kier molecular flexibility index (Phi) is 8.63. The van der Waals surface area contributed by atoms with Crippen LogP contribution in [0, 0.1) is 24.7 Å². The van der Waals surface area contributed by atoms with Gasteiger partial charge >= 0.3 is 12.1 Å². The number of benzene rings is 2. The van der Waals surface area contributed by atoms with Crippen molar-refractivity contribution in [2.45, 2.75) is 62.1 Å². The number of anilines is 1. The maximum absolute atomic E-state index is 13.4. The lowest BCUT2D eigenvalue weighted by atomic mass is 9.73. The summed E-state index contributed by atoms with van der Waals surface area (Å²) in [7, 11) is -0.552. The molecule has 2 aliphatic carbocycles. The highest BCUT2D eigenvalue weighted by atomic mass is 32.2. The second-order valence-corrected chi connectivity index (χ2v) is 13.5. The van der Waals surface area contributed by atoms with E-state index in [1.807, 2.05) is 30.7 Å². The largest absolute Gasteiger partial charge is 0.481 e. The molecule has 1 aromatic heterocycles. The molecule has 12 heteroatoms. The first-order valence-electron chi connectivity index (χ1n) is 14.4. The summed E-state index contributed by atoms with van der Waals surface area (Å²) in [5.74, 6) is -3.12. The number of aromatic nitrogens is 2. The molecule has 1 heterocycles. The first-order valence-corrected chi connectivity index (χ1v) is 15.8. The third-order valence-corrected chi connectivity index (χ3v) is 10.8. The Balaban J connectivity index is 1.27. The van der Waals surface area contributed by atoms with Gasteiger partial charge in [-0.15, -0.1) is 0 Å². The normalized spacial score (nSPS) is 24.7. The molecule has 8 nitrogen and oxygen atoms in total. The predicted octanol–water partition coefficient (Wildman–Crippen LogP) is 6.21. The summed E-state index contributed by atoms with van der Waals surface area (Å²) in [6.07, 6.45) is 0.359. The summed E-state index contributed by atoms with van der Waals surface area (Å²) in [6.45, 7) is 1.96. The van der Waals surface area contributed by atoms with Crippen LogP contribution in [0.1, 0.15) is 49.4 Å². The van der Waals surface area contributed by atoms with Gasteiger partial charge in [0.15, 0.2) is 0 Å². The van der Waals surface area contributed by atoms with Crippen LogP contribution >= 0.6 is 0 Å². The molecule has 43 heavy (non-hydrogen) atoms. The van der Waals surface area contributed by atoms with Crippen LogP contribution in [-0.4, -0.2) is 55.0 Å². The number of hydrogen-bond donors (Lipinski definition) is 1. The van der Waals surface area contributed by atoms with Crippen LogP contribution in [-0.2, 0) is 26.6 Å². The maximum Gasteiger partial charge on any atom is 0.391 e. The average Bonchev–Trinajstić information content (AvgIpc) is 3.27. The Morgan fingerprint density at radius 3 is 2.42 bits per heavy atom. The van der Waals surface area contributed by atoms with Crippen molar-refractivity contribution in [2.24, 2.45) is 24.8 Å². The van der Waals surface area contributed by atoms with E-state index in [1.165, 1.54) is 11.4 Å². The standard InChI is InChI=1S/C31H36F3N3O5S/c1-19-35-27-17-25(15-16-28(27)36(19)2)43(40,41)37(3)23-11-7-20(8-12-23)26-6-4-5-21(29(26)30(38)39)18-42-24-13-9-22(10-14-24)31(32,33)34/h4-5,7-8,11-12,15-17,21-22,24,26,29H,6,9-10,13-14,18H2,1-3H3,(H,38,39)/t21?,22?,24?,26-,29+/m1/s1. The molecule has 1 N–H and O–H groups in total. The Morgan fingerprint density at radius 1 is 1.12 bits per heavy atom. The van der Waals surface area contributed by atoms with E-state index in [0.29, 0.717) is 30.5 Å². The maximum atomic E-state index is 13.4. The van der Waals surface area contributed by atoms with Gasteiger partial charge in [0, 0.05) is 25.9 Å². The molecular formula is C31H36F3N3O5S. The molecule has 0 spiro atoms. The molecule has 2 aromatic carbocycles. The van der Waals surface area contributed by atoms with Crippen LogP contribution in [0.2, 0.25) is 0 Å². The van der Waals surface area contributed by atoms with E-state index in [-0.39, 0.29) is 36.4 Å². The third kappa shape index (κ3) is 6.31. The first-order chi connectivity index (χ1) is 20.3. The molecule has 0 aliphatic heterocycles. The van der Waals surface area contributed by atoms with Crippen LogP contribution < -0.4 is 4.31 Å². The molecule has 232 valence electrons. The van der Waals surface area contributed by atoms with Gasteiger partial charge < -0.3 is 14.4 Å². The summed E-state index contributed by atoms with van der Waals surface area (Å²) in [5, 5.41) is 10.2. The molecule has 1 saturated carbocycles. The molecule has 3 aromatic rings. The number of halogens is 3. The number of rotatable bonds is 8. The van der Waals surface area contributed by atoms with Crippen molar-refractivity contribution < 1.29 is 36.2 Å². The number of allylic oxidation sites excluding steroid dienone is 1.